The second-order valence-corrected chi connectivity index (χ2v) is 5.19. The zero-order valence-electron chi connectivity index (χ0n) is 12.1. The van der Waals surface area contributed by atoms with Gasteiger partial charge in [0.25, 0.3) is 0 Å². The number of hydrogen-bond donors (Lipinski definition) is 1. The van der Waals surface area contributed by atoms with Crippen LogP contribution < -0.4 is 5.32 Å². The van der Waals surface area contributed by atoms with Gasteiger partial charge in [0.15, 0.2) is 0 Å². The standard InChI is InChI=1S/C16H24N2O/c1-4-18(5-2)16(19)12(3)17-15-11-10-13-8-6-7-9-14(13)15/h6-9,12,15,17H,4-5,10-11H2,1-3H3. The summed E-state index contributed by atoms with van der Waals surface area (Å²) in [5.74, 6) is 0.203. The van der Waals surface area contributed by atoms with Crippen LogP contribution in [0.5, 0.6) is 0 Å². The summed E-state index contributed by atoms with van der Waals surface area (Å²) in [5, 5.41) is 3.49. The van der Waals surface area contributed by atoms with Gasteiger partial charge in [0.1, 0.15) is 0 Å². The quantitative estimate of drug-likeness (QED) is 0.882. The normalized spacial score (nSPS) is 19.0. The van der Waals surface area contributed by atoms with Crippen molar-refractivity contribution in [1.29, 1.82) is 0 Å². The molecule has 0 spiro atoms. The SMILES string of the molecule is CCN(CC)C(=O)C(C)NC1CCc2ccccc21. The summed E-state index contributed by atoms with van der Waals surface area (Å²) in [6.07, 6.45) is 2.20. The maximum atomic E-state index is 12.3. The second kappa shape index (κ2) is 6.20. The van der Waals surface area contributed by atoms with Gasteiger partial charge in [0.05, 0.1) is 6.04 Å². The smallest absolute Gasteiger partial charge is 0.239 e. The Labute approximate surface area is 116 Å². The molecule has 3 heteroatoms. The molecular weight excluding hydrogens is 236 g/mol. The van der Waals surface area contributed by atoms with Crippen molar-refractivity contribution in [3.05, 3.63) is 35.4 Å². The number of fused-ring (bicyclic) bond motifs is 1. The molecule has 3 nitrogen and oxygen atoms in total. The topological polar surface area (TPSA) is 32.3 Å². The Hall–Kier alpha value is -1.35. The van der Waals surface area contributed by atoms with Crippen LogP contribution in [-0.4, -0.2) is 29.9 Å². The Kier molecular flexibility index (Phi) is 4.59. The molecule has 1 amide bonds. The van der Waals surface area contributed by atoms with Gasteiger partial charge in [0.2, 0.25) is 5.91 Å². The zero-order chi connectivity index (χ0) is 13.8. The number of nitrogens with one attached hydrogen (secondary N) is 1. The Morgan fingerprint density at radius 1 is 1.37 bits per heavy atom. The number of rotatable bonds is 5. The Balaban J connectivity index is 2.01. The molecule has 0 heterocycles. The van der Waals surface area contributed by atoms with Crippen LogP contribution in [0.15, 0.2) is 24.3 Å². The van der Waals surface area contributed by atoms with Crippen molar-refractivity contribution < 1.29 is 4.79 Å². The lowest BCUT2D eigenvalue weighted by Gasteiger charge is -2.26. The molecule has 19 heavy (non-hydrogen) atoms. The van der Waals surface area contributed by atoms with Crippen molar-refractivity contribution in [2.75, 3.05) is 13.1 Å². The monoisotopic (exact) mass is 260 g/mol. The van der Waals surface area contributed by atoms with E-state index in [2.05, 4.69) is 29.6 Å². The van der Waals surface area contributed by atoms with Gasteiger partial charge in [-0.1, -0.05) is 24.3 Å². The van der Waals surface area contributed by atoms with Crippen LogP contribution in [0.25, 0.3) is 0 Å². The van der Waals surface area contributed by atoms with Crippen LogP contribution in [0.1, 0.15) is 44.4 Å². The molecule has 2 atom stereocenters. The van der Waals surface area contributed by atoms with Gasteiger partial charge in [-0.2, -0.15) is 0 Å². The lowest BCUT2D eigenvalue weighted by molar-refractivity contribution is -0.132. The first-order chi connectivity index (χ1) is 9.17. The van der Waals surface area contributed by atoms with Gasteiger partial charge < -0.3 is 4.90 Å². The summed E-state index contributed by atoms with van der Waals surface area (Å²) < 4.78 is 0. The van der Waals surface area contributed by atoms with E-state index in [1.807, 2.05) is 25.7 Å². The minimum atomic E-state index is -0.115. The molecule has 0 fully saturated rings. The van der Waals surface area contributed by atoms with E-state index in [9.17, 15) is 4.79 Å². The Morgan fingerprint density at radius 2 is 2.05 bits per heavy atom. The Bertz CT molecular complexity index is 440. The first-order valence-electron chi connectivity index (χ1n) is 7.30. The molecule has 1 aliphatic carbocycles. The number of carbonyl (C=O) groups is 1. The van der Waals surface area contributed by atoms with Gasteiger partial charge >= 0.3 is 0 Å². The van der Waals surface area contributed by atoms with E-state index in [0.717, 1.165) is 25.9 Å². The van der Waals surface area contributed by atoms with Crippen molar-refractivity contribution in [2.45, 2.75) is 45.7 Å². The first kappa shape index (κ1) is 14.1. The summed E-state index contributed by atoms with van der Waals surface area (Å²) >= 11 is 0. The van der Waals surface area contributed by atoms with Crippen molar-refractivity contribution in [3.8, 4) is 0 Å². The molecule has 1 aromatic carbocycles. The third-order valence-corrected chi connectivity index (χ3v) is 4.03. The first-order valence-corrected chi connectivity index (χ1v) is 7.30. The molecule has 0 saturated carbocycles. The highest BCUT2D eigenvalue weighted by atomic mass is 16.2. The fourth-order valence-electron chi connectivity index (χ4n) is 2.91. The lowest BCUT2D eigenvalue weighted by atomic mass is 10.1. The maximum Gasteiger partial charge on any atom is 0.239 e. The molecule has 0 aromatic heterocycles. The molecule has 0 saturated heterocycles. The van der Waals surface area contributed by atoms with Gasteiger partial charge in [-0.25, -0.2) is 0 Å². The zero-order valence-corrected chi connectivity index (χ0v) is 12.1. The van der Waals surface area contributed by atoms with Crippen LogP contribution >= 0.6 is 0 Å². The number of nitrogens with zero attached hydrogens (tertiary/aromatic N) is 1. The highest BCUT2D eigenvalue weighted by Crippen LogP contribution is 2.31. The van der Waals surface area contributed by atoms with Crippen molar-refractivity contribution in [1.82, 2.24) is 10.2 Å². The predicted molar refractivity (Wildman–Crippen MR) is 78.0 cm³/mol. The largest absolute Gasteiger partial charge is 0.342 e. The van der Waals surface area contributed by atoms with E-state index in [4.69, 9.17) is 0 Å². The van der Waals surface area contributed by atoms with E-state index in [1.54, 1.807) is 0 Å². The molecule has 104 valence electrons. The molecule has 1 aromatic rings. The number of aryl methyl sites for hydroxylation is 1. The predicted octanol–water partition coefficient (Wildman–Crippen LogP) is 2.52. The van der Waals surface area contributed by atoms with Crippen LogP contribution in [0.4, 0.5) is 0 Å². The van der Waals surface area contributed by atoms with Crippen LogP contribution in [-0.2, 0) is 11.2 Å². The maximum absolute atomic E-state index is 12.3. The number of hydrogen-bond acceptors (Lipinski definition) is 2. The van der Waals surface area contributed by atoms with Crippen molar-refractivity contribution in [2.24, 2.45) is 0 Å². The molecular formula is C16H24N2O. The third kappa shape index (κ3) is 2.98. The molecule has 1 N–H and O–H groups in total. The number of likely N-dealkylation sites (N-methyl/N-ethyl adjacent to an activating group) is 1. The molecule has 2 unspecified atom stereocenters. The highest BCUT2D eigenvalue weighted by Gasteiger charge is 2.26. The van der Waals surface area contributed by atoms with Gasteiger partial charge in [0, 0.05) is 19.1 Å². The fourth-order valence-corrected chi connectivity index (χ4v) is 2.91. The van der Waals surface area contributed by atoms with E-state index in [0.29, 0.717) is 6.04 Å². The van der Waals surface area contributed by atoms with Gasteiger partial charge in [-0.3, -0.25) is 10.1 Å². The number of carbonyl (C=O) groups excluding carboxylic acids is 1. The molecule has 0 aliphatic heterocycles. The van der Waals surface area contributed by atoms with E-state index < -0.39 is 0 Å². The van der Waals surface area contributed by atoms with Gasteiger partial charge in [-0.15, -0.1) is 0 Å². The van der Waals surface area contributed by atoms with Crippen LogP contribution in [0.3, 0.4) is 0 Å². The lowest BCUT2D eigenvalue weighted by Crippen LogP contribution is -2.45. The van der Waals surface area contributed by atoms with Crippen molar-refractivity contribution in [3.63, 3.8) is 0 Å². The second-order valence-electron chi connectivity index (χ2n) is 5.19. The highest BCUT2D eigenvalue weighted by molar-refractivity contribution is 5.81. The summed E-state index contributed by atoms with van der Waals surface area (Å²) in [5.41, 5.74) is 2.78. The average molecular weight is 260 g/mol. The molecule has 1 aliphatic rings. The minimum absolute atomic E-state index is 0.115. The third-order valence-electron chi connectivity index (χ3n) is 4.03. The summed E-state index contributed by atoms with van der Waals surface area (Å²) in [6, 6.07) is 8.74. The van der Waals surface area contributed by atoms with Crippen LogP contribution in [0, 0.1) is 0 Å². The summed E-state index contributed by atoms with van der Waals surface area (Å²) in [7, 11) is 0. The summed E-state index contributed by atoms with van der Waals surface area (Å²) in [6.45, 7) is 7.59. The number of benzene rings is 1. The average Bonchev–Trinajstić information content (AvgIpc) is 2.83. The Morgan fingerprint density at radius 3 is 2.74 bits per heavy atom. The molecule has 0 bridgehead atoms. The van der Waals surface area contributed by atoms with Crippen molar-refractivity contribution >= 4 is 5.91 Å². The van der Waals surface area contributed by atoms with Crippen LogP contribution in [0.2, 0.25) is 0 Å². The minimum Gasteiger partial charge on any atom is -0.342 e. The van der Waals surface area contributed by atoms with E-state index in [-0.39, 0.29) is 11.9 Å². The fraction of sp³-hybridized carbons (Fsp3) is 0.562. The summed E-state index contributed by atoms with van der Waals surface area (Å²) in [4.78, 5) is 14.2. The molecule has 0 radical (unpaired) electrons. The molecule has 2 rings (SSSR count). The van der Waals surface area contributed by atoms with E-state index in [1.165, 1.54) is 11.1 Å². The van der Waals surface area contributed by atoms with Gasteiger partial charge in [-0.05, 0) is 44.7 Å². The number of amides is 1. The van der Waals surface area contributed by atoms with E-state index >= 15 is 0 Å².